The number of nitrogens with zero attached hydrogens (tertiary/aromatic N) is 3. The minimum Gasteiger partial charge on any atom is -0.390 e. The van der Waals surface area contributed by atoms with E-state index in [-0.39, 0.29) is 23.2 Å². The lowest BCUT2D eigenvalue weighted by Gasteiger charge is -2.13. The van der Waals surface area contributed by atoms with Crippen LogP contribution in [0.3, 0.4) is 0 Å². The Morgan fingerprint density at radius 2 is 1.84 bits per heavy atom. The zero-order valence-electron chi connectivity index (χ0n) is 13.6. The van der Waals surface area contributed by atoms with Gasteiger partial charge >= 0.3 is 0 Å². The molecule has 128 valence electrons. The third kappa shape index (κ3) is 3.72. The monoisotopic (exact) mass is 340 g/mol. The van der Waals surface area contributed by atoms with Gasteiger partial charge in [-0.05, 0) is 36.8 Å². The van der Waals surface area contributed by atoms with Crippen molar-refractivity contribution in [2.45, 2.75) is 19.6 Å². The SMILES string of the molecule is CC(NC(=O)c1nn(-c2ccc(F)cc2)nc1CO)c1ccccc1. The summed E-state index contributed by atoms with van der Waals surface area (Å²) in [7, 11) is 0. The number of hydrogen-bond donors (Lipinski definition) is 2. The fraction of sp³-hybridized carbons (Fsp3) is 0.167. The summed E-state index contributed by atoms with van der Waals surface area (Å²) < 4.78 is 13.0. The largest absolute Gasteiger partial charge is 0.390 e. The standard InChI is InChI=1S/C18H17FN4O2/c1-12(13-5-3-2-4-6-13)20-18(25)17-16(11-24)21-23(22-17)15-9-7-14(19)8-10-15/h2-10,12,24H,11H2,1H3,(H,20,25). The number of halogens is 1. The smallest absolute Gasteiger partial charge is 0.274 e. The van der Waals surface area contributed by atoms with Gasteiger partial charge in [0.05, 0.1) is 18.3 Å². The predicted molar refractivity (Wildman–Crippen MR) is 89.6 cm³/mol. The van der Waals surface area contributed by atoms with Crippen molar-refractivity contribution in [3.63, 3.8) is 0 Å². The van der Waals surface area contributed by atoms with Gasteiger partial charge in [-0.1, -0.05) is 30.3 Å². The fourth-order valence-electron chi connectivity index (χ4n) is 2.40. The lowest BCUT2D eigenvalue weighted by atomic mass is 10.1. The molecule has 1 amide bonds. The number of amides is 1. The maximum absolute atomic E-state index is 13.0. The second kappa shape index (κ2) is 7.23. The molecule has 2 aromatic carbocycles. The van der Waals surface area contributed by atoms with E-state index >= 15 is 0 Å². The van der Waals surface area contributed by atoms with Crippen LogP contribution in [0.1, 0.15) is 34.7 Å². The van der Waals surface area contributed by atoms with E-state index in [1.807, 2.05) is 37.3 Å². The summed E-state index contributed by atoms with van der Waals surface area (Å²) in [5.74, 6) is -0.818. The highest BCUT2D eigenvalue weighted by Gasteiger charge is 2.20. The Labute approximate surface area is 143 Å². The number of benzene rings is 2. The lowest BCUT2D eigenvalue weighted by Crippen LogP contribution is -2.28. The van der Waals surface area contributed by atoms with Crippen molar-refractivity contribution in [1.82, 2.24) is 20.3 Å². The highest BCUT2D eigenvalue weighted by atomic mass is 19.1. The number of carbonyl (C=O) groups is 1. The summed E-state index contributed by atoms with van der Waals surface area (Å²) in [5, 5.41) is 20.5. The lowest BCUT2D eigenvalue weighted by molar-refractivity contribution is 0.0931. The van der Waals surface area contributed by atoms with Crippen LogP contribution in [0.25, 0.3) is 5.69 Å². The Morgan fingerprint density at radius 3 is 2.48 bits per heavy atom. The predicted octanol–water partition coefficient (Wildman–Crippen LogP) is 2.39. The molecule has 3 aromatic rings. The average molecular weight is 340 g/mol. The summed E-state index contributed by atoms with van der Waals surface area (Å²) in [4.78, 5) is 13.7. The van der Waals surface area contributed by atoms with E-state index in [4.69, 9.17) is 0 Å². The normalized spacial score (nSPS) is 12.0. The van der Waals surface area contributed by atoms with Crippen molar-refractivity contribution in [1.29, 1.82) is 0 Å². The van der Waals surface area contributed by atoms with Crippen molar-refractivity contribution in [3.8, 4) is 5.69 Å². The molecule has 0 saturated carbocycles. The molecule has 7 heteroatoms. The van der Waals surface area contributed by atoms with Crippen molar-refractivity contribution in [3.05, 3.63) is 77.4 Å². The van der Waals surface area contributed by atoms with Gasteiger partial charge in [-0.25, -0.2) is 4.39 Å². The van der Waals surface area contributed by atoms with E-state index in [1.165, 1.54) is 29.1 Å². The van der Waals surface area contributed by atoms with Crippen LogP contribution in [0.4, 0.5) is 4.39 Å². The minimum absolute atomic E-state index is 0.0367. The summed E-state index contributed by atoms with van der Waals surface area (Å²) in [6.07, 6.45) is 0. The number of aromatic nitrogens is 3. The average Bonchev–Trinajstić information content (AvgIpc) is 3.07. The van der Waals surface area contributed by atoms with Gasteiger partial charge in [0, 0.05) is 0 Å². The maximum atomic E-state index is 13.0. The number of nitrogens with one attached hydrogen (secondary N) is 1. The van der Waals surface area contributed by atoms with Crippen LogP contribution >= 0.6 is 0 Å². The van der Waals surface area contributed by atoms with Crippen LogP contribution < -0.4 is 5.32 Å². The first-order chi connectivity index (χ1) is 12.1. The number of aliphatic hydroxyl groups is 1. The zero-order chi connectivity index (χ0) is 17.8. The number of carbonyl (C=O) groups excluding carboxylic acids is 1. The fourth-order valence-corrected chi connectivity index (χ4v) is 2.40. The van der Waals surface area contributed by atoms with Crippen LogP contribution in [0.15, 0.2) is 54.6 Å². The third-order valence-corrected chi connectivity index (χ3v) is 3.75. The van der Waals surface area contributed by atoms with Gasteiger partial charge in [-0.3, -0.25) is 4.79 Å². The molecule has 0 fully saturated rings. The third-order valence-electron chi connectivity index (χ3n) is 3.75. The van der Waals surface area contributed by atoms with E-state index in [0.29, 0.717) is 5.69 Å². The molecule has 1 unspecified atom stereocenters. The Balaban J connectivity index is 1.83. The molecule has 0 bridgehead atoms. The number of rotatable bonds is 5. The van der Waals surface area contributed by atoms with Crippen molar-refractivity contribution >= 4 is 5.91 Å². The summed E-state index contributed by atoms with van der Waals surface area (Å²) in [6, 6.07) is 14.8. The number of aliphatic hydroxyl groups excluding tert-OH is 1. The number of hydrogen-bond acceptors (Lipinski definition) is 4. The Bertz CT molecular complexity index is 863. The molecule has 1 atom stereocenters. The molecule has 1 aromatic heterocycles. The molecule has 0 aliphatic carbocycles. The van der Waals surface area contributed by atoms with Crippen molar-refractivity contribution < 1.29 is 14.3 Å². The van der Waals surface area contributed by atoms with Gasteiger partial charge in [-0.15, -0.1) is 10.2 Å². The first-order valence-corrected chi connectivity index (χ1v) is 7.77. The summed E-state index contributed by atoms with van der Waals surface area (Å²) >= 11 is 0. The minimum atomic E-state index is -0.436. The van der Waals surface area contributed by atoms with Crippen LogP contribution in [0.2, 0.25) is 0 Å². The molecule has 0 spiro atoms. The van der Waals surface area contributed by atoms with E-state index in [0.717, 1.165) is 5.56 Å². The van der Waals surface area contributed by atoms with Crippen LogP contribution in [0, 0.1) is 5.82 Å². The maximum Gasteiger partial charge on any atom is 0.274 e. The summed E-state index contributed by atoms with van der Waals surface area (Å²) in [6.45, 7) is 1.43. The van der Waals surface area contributed by atoms with Crippen LogP contribution in [-0.4, -0.2) is 26.0 Å². The molecule has 2 N–H and O–H groups in total. The first-order valence-electron chi connectivity index (χ1n) is 7.77. The van der Waals surface area contributed by atoms with E-state index in [9.17, 15) is 14.3 Å². The zero-order valence-corrected chi connectivity index (χ0v) is 13.6. The highest BCUT2D eigenvalue weighted by Crippen LogP contribution is 2.14. The molecule has 3 rings (SSSR count). The first kappa shape index (κ1) is 16.8. The van der Waals surface area contributed by atoms with Gasteiger partial charge in [0.15, 0.2) is 5.69 Å². The van der Waals surface area contributed by atoms with E-state index in [2.05, 4.69) is 15.5 Å². The second-order valence-electron chi connectivity index (χ2n) is 5.53. The van der Waals surface area contributed by atoms with E-state index < -0.39 is 12.5 Å². The molecular formula is C18H17FN4O2. The molecule has 1 heterocycles. The Kier molecular flexibility index (Phi) is 4.85. The second-order valence-corrected chi connectivity index (χ2v) is 5.53. The van der Waals surface area contributed by atoms with E-state index in [1.54, 1.807) is 0 Å². The van der Waals surface area contributed by atoms with Crippen molar-refractivity contribution in [2.75, 3.05) is 0 Å². The van der Waals surface area contributed by atoms with Gasteiger partial charge in [-0.2, -0.15) is 4.80 Å². The van der Waals surface area contributed by atoms with Gasteiger partial charge in [0.2, 0.25) is 0 Å². The molecule has 25 heavy (non-hydrogen) atoms. The molecule has 0 aliphatic rings. The van der Waals surface area contributed by atoms with Crippen LogP contribution in [0.5, 0.6) is 0 Å². The highest BCUT2D eigenvalue weighted by molar-refractivity contribution is 5.93. The summed E-state index contributed by atoms with van der Waals surface area (Å²) in [5.41, 5.74) is 1.63. The Morgan fingerprint density at radius 1 is 1.16 bits per heavy atom. The quantitative estimate of drug-likeness (QED) is 0.747. The van der Waals surface area contributed by atoms with Gasteiger partial charge in [0.25, 0.3) is 5.91 Å². The molecule has 6 nitrogen and oxygen atoms in total. The van der Waals surface area contributed by atoms with Gasteiger partial charge < -0.3 is 10.4 Å². The molecular weight excluding hydrogens is 323 g/mol. The Hall–Kier alpha value is -3.06. The van der Waals surface area contributed by atoms with Crippen LogP contribution in [-0.2, 0) is 6.61 Å². The molecule has 0 radical (unpaired) electrons. The van der Waals surface area contributed by atoms with Gasteiger partial charge in [0.1, 0.15) is 11.5 Å². The molecule has 0 saturated heterocycles. The molecule has 0 aliphatic heterocycles. The topological polar surface area (TPSA) is 80.0 Å². The van der Waals surface area contributed by atoms with Crippen molar-refractivity contribution in [2.24, 2.45) is 0 Å².